The van der Waals surface area contributed by atoms with Gasteiger partial charge in [-0.2, -0.15) is 15.6 Å². The van der Waals surface area contributed by atoms with E-state index in [1.165, 1.54) is 0 Å². The van der Waals surface area contributed by atoms with Gasteiger partial charge in [0.15, 0.2) is 6.10 Å². The van der Waals surface area contributed by atoms with E-state index in [0.717, 1.165) is 0 Å². The Kier molecular flexibility index (Phi) is 3.37. The highest BCUT2D eigenvalue weighted by Crippen LogP contribution is 2.26. The molecule has 0 aliphatic heterocycles. The van der Waals surface area contributed by atoms with Crippen LogP contribution in [0, 0.1) is 22.7 Å². The molecular weight excluding hydrogens is 244 g/mol. The van der Waals surface area contributed by atoms with Crippen LogP contribution >= 0.6 is 0 Å². The van der Waals surface area contributed by atoms with Crippen LogP contribution in [0.5, 0.6) is 0 Å². The van der Waals surface area contributed by atoms with Gasteiger partial charge in [-0.05, 0) is 0 Å². The number of aromatic amines is 1. The summed E-state index contributed by atoms with van der Waals surface area (Å²) in [5.41, 5.74) is -0.292. The zero-order chi connectivity index (χ0) is 13.8. The van der Waals surface area contributed by atoms with Gasteiger partial charge in [-0.25, -0.2) is 5.10 Å². The number of rotatable bonds is 2. The van der Waals surface area contributed by atoms with Gasteiger partial charge < -0.3 is 5.11 Å². The molecule has 2 N–H and O–H groups in total. The van der Waals surface area contributed by atoms with Gasteiger partial charge >= 0.3 is 0 Å². The van der Waals surface area contributed by atoms with E-state index in [-0.39, 0.29) is 16.8 Å². The van der Waals surface area contributed by atoms with Gasteiger partial charge in [0.1, 0.15) is 11.6 Å². The monoisotopic (exact) mass is 252 g/mol. The predicted molar refractivity (Wildman–Crippen MR) is 65.6 cm³/mol. The summed E-state index contributed by atoms with van der Waals surface area (Å²) >= 11 is 0. The fourth-order valence-corrected chi connectivity index (χ4v) is 1.72. The van der Waals surface area contributed by atoms with Gasteiger partial charge in [0, 0.05) is 11.1 Å². The Bertz CT molecular complexity index is 738. The second-order valence-corrected chi connectivity index (χ2v) is 3.70. The molecule has 1 aromatic heterocycles. The van der Waals surface area contributed by atoms with Crippen molar-refractivity contribution in [2.24, 2.45) is 0 Å². The van der Waals surface area contributed by atoms with Gasteiger partial charge in [-0.15, -0.1) is 0 Å². The number of hydrogen-bond donors (Lipinski definition) is 2. The van der Waals surface area contributed by atoms with Crippen LogP contribution < -0.4 is 5.56 Å². The van der Waals surface area contributed by atoms with Crippen molar-refractivity contribution in [3.8, 4) is 23.4 Å². The summed E-state index contributed by atoms with van der Waals surface area (Å²) in [7, 11) is 0. The van der Waals surface area contributed by atoms with E-state index < -0.39 is 11.7 Å². The number of H-pyrrole nitrogens is 1. The molecule has 19 heavy (non-hydrogen) atoms. The van der Waals surface area contributed by atoms with Crippen molar-refractivity contribution in [1.82, 2.24) is 10.2 Å². The van der Waals surface area contributed by atoms with Crippen molar-refractivity contribution >= 4 is 0 Å². The smallest absolute Gasteiger partial charge is 0.282 e. The van der Waals surface area contributed by atoms with Crippen molar-refractivity contribution < 1.29 is 5.11 Å². The maximum absolute atomic E-state index is 11.5. The summed E-state index contributed by atoms with van der Waals surface area (Å²) in [4.78, 5) is 11.5. The number of benzene rings is 1. The lowest BCUT2D eigenvalue weighted by Gasteiger charge is -2.10. The molecule has 0 aliphatic rings. The Hall–Kier alpha value is -2.96. The second-order valence-electron chi connectivity index (χ2n) is 3.70. The Morgan fingerprint density at radius 3 is 2.53 bits per heavy atom. The maximum Gasteiger partial charge on any atom is 0.282 e. The molecule has 0 fully saturated rings. The van der Waals surface area contributed by atoms with Crippen LogP contribution in [-0.4, -0.2) is 15.3 Å². The van der Waals surface area contributed by atoms with Crippen LogP contribution in [0.15, 0.2) is 35.1 Å². The number of aromatic nitrogens is 2. The molecule has 1 aromatic carbocycles. The minimum Gasteiger partial charge on any atom is -0.374 e. The van der Waals surface area contributed by atoms with Gasteiger partial charge in [-0.1, -0.05) is 30.3 Å². The van der Waals surface area contributed by atoms with Crippen LogP contribution in [-0.2, 0) is 0 Å². The minimum atomic E-state index is -1.58. The summed E-state index contributed by atoms with van der Waals surface area (Å²) < 4.78 is 0. The summed E-state index contributed by atoms with van der Waals surface area (Å²) in [5, 5.41) is 33.5. The molecular formula is C13H8N4O2. The first-order valence-electron chi connectivity index (χ1n) is 5.34. The standard InChI is InChI=1S/C13H8N4O2/c14-6-9-11(10(18)7-15)12(16-17-13(9)19)8-4-2-1-3-5-8/h1-5,10,18H,(H,17,19). The summed E-state index contributed by atoms with van der Waals surface area (Å²) in [6, 6.07) is 12.0. The average Bonchev–Trinajstić information content (AvgIpc) is 2.47. The van der Waals surface area contributed by atoms with Crippen molar-refractivity contribution in [3.05, 3.63) is 51.8 Å². The molecule has 0 radical (unpaired) electrons. The van der Waals surface area contributed by atoms with Crippen molar-refractivity contribution in [1.29, 1.82) is 10.5 Å². The summed E-state index contributed by atoms with van der Waals surface area (Å²) in [5.74, 6) is 0. The minimum absolute atomic E-state index is 0.0695. The third kappa shape index (κ3) is 2.21. The van der Waals surface area contributed by atoms with Crippen LogP contribution in [0.3, 0.4) is 0 Å². The molecule has 0 saturated heterocycles. The Morgan fingerprint density at radius 2 is 1.95 bits per heavy atom. The molecule has 1 atom stereocenters. The summed E-state index contributed by atoms with van der Waals surface area (Å²) in [6.45, 7) is 0. The predicted octanol–water partition coefficient (Wildman–Crippen LogP) is 0.866. The fourth-order valence-electron chi connectivity index (χ4n) is 1.72. The number of nitrogens with zero attached hydrogens (tertiary/aromatic N) is 3. The van der Waals surface area contributed by atoms with Crippen LogP contribution in [0.25, 0.3) is 11.3 Å². The zero-order valence-corrected chi connectivity index (χ0v) is 9.66. The largest absolute Gasteiger partial charge is 0.374 e. The van der Waals surface area contributed by atoms with Gasteiger partial charge in [0.2, 0.25) is 0 Å². The zero-order valence-electron chi connectivity index (χ0n) is 9.66. The first kappa shape index (κ1) is 12.5. The molecule has 2 aromatic rings. The Balaban J connectivity index is 2.80. The molecule has 0 spiro atoms. The number of hydrogen-bond acceptors (Lipinski definition) is 5. The number of aliphatic hydroxyl groups excluding tert-OH is 1. The van der Waals surface area contributed by atoms with Gasteiger partial charge in [-0.3, -0.25) is 4.79 Å². The number of nitrogens with one attached hydrogen (secondary N) is 1. The molecule has 1 heterocycles. The molecule has 0 aliphatic carbocycles. The average molecular weight is 252 g/mol. The lowest BCUT2D eigenvalue weighted by Crippen LogP contribution is -2.18. The van der Waals surface area contributed by atoms with E-state index in [9.17, 15) is 9.90 Å². The quantitative estimate of drug-likeness (QED) is 0.769. The molecule has 6 nitrogen and oxygen atoms in total. The second kappa shape index (κ2) is 5.13. The van der Waals surface area contributed by atoms with Crippen LogP contribution in [0.4, 0.5) is 0 Å². The molecule has 1 unspecified atom stereocenters. The van der Waals surface area contributed by atoms with Gasteiger partial charge in [0.25, 0.3) is 5.56 Å². The molecule has 92 valence electrons. The Morgan fingerprint density at radius 1 is 1.26 bits per heavy atom. The lowest BCUT2D eigenvalue weighted by molar-refractivity contribution is 0.235. The topological polar surface area (TPSA) is 114 Å². The Labute approximate surface area is 108 Å². The van der Waals surface area contributed by atoms with Crippen LogP contribution in [0.1, 0.15) is 17.2 Å². The number of aliphatic hydroxyl groups is 1. The van der Waals surface area contributed by atoms with Gasteiger partial charge in [0.05, 0.1) is 11.8 Å². The van der Waals surface area contributed by atoms with E-state index in [1.54, 1.807) is 42.5 Å². The van der Waals surface area contributed by atoms with Crippen molar-refractivity contribution in [2.75, 3.05) is 0 Å². The van der Waals surface area contributed by atoms with Crippen molar-refractivity contribution in [3.63, 3.8) is 0 Å². The lowest BCUT2D eigenvalue weighted by atomic mass is 9.99. The molecule has 0 bridgehead atoms. The third-order valence-corrected chi connectivity index (χ3v) is 2.58. The summed E-state index contributed by atoms with van der Waals surface area (Å²) in [6.07, 6.45) is -1.58. The van der Waals surface area contributed by atoms with E-state index in [0.29, 0.717) is 5.56 Å². The molecule has 6 heteroatoms. The van der Waals surface area contributed by atoms with E-state index in [1.807, 2.05) is 0 Å². The maximum atomic E-state index is 11.5. The van der Waals surface area contributed by atoms with E-state index in [2.05, 4.69) is 10.2 Å². The first-order chi connectivity index (χ1) is 9.19. The highest BCUT2D eigenvalue weighted by molar-refractivity contribution is 5.66. The molecule has 0 saturated carbocycles. The van der Waals surface area contributed by atoms with Crippen molar-refractivity contribution in [2.45, 2.75) is 6.10 Å². The highest BCUT2D eigenvalue weighted by Gasteiger charge is 2.21. The van der Waals surface area contributed by atoms with Crippen LogP contribution in [0.2, 0.25) is 0 Å². The molecule has 2 rings (SSSR count). The normalized spacial score (nSPS) is 11.3. The van der Waals surface area contributed by atoms with E-state index >= 15 is 0 Å². The SMILES string of the molecule is N#Cc1c(C(O)C#N)c(-c2ccccc2)n[nH]c1=O. The molecule has 0 amide bonds. The highest BCUT2D eigenvalue weighted by atomic mass is 16.3. The first-order valence-corrected chi connectivity index (χ1v) is 5.34. The fraction of sp³-hybridized carbons (Fsp3) is 0.0769. The number of nitriles is 2. The van der Waals surface area contributed by atoms with E-state index in [4.69, 9.17) is 10.5 Å². The third-order valence-electron chi connectivity index (χ3n) is 2.58.